The van der Waals surface area contributed by atoms with Crippen molar-refractivity contribution in [1.29, 1.82) is 0 Å². The fourth-order valence-electron chi connectivity index (χ4n) is 1.84. The van der Waals surface area contributed by atoms with E-state index in [4.69, 9.17) is 10.9 Å². The normalized spacial score (nSPS) is 13.1. The summed E-state index contributed by atoms with van der Waals surface area (Å²) in [6.07, 6.45) is 0. The predicted octanol–water partition coefficient (Wildman–Crippen LogP) is 2.60. The molecule has 5 nitrogen and oxygen atoms in total. The van der Waals surface area contributed by atoms with Gasteiger partial charge in [-0.2, -0.15) is 0 Å². The number of hydrogen-bond donors (Lipinski definition) is 2. The fraction of sp³-hybridized carbons (Fsp3) is 0.429. The smallest absolute Gasteiger partial charge is 0.255 e. The standard InChI is InChI=1S/C14H20BrN3O2/c1-4-18(8-10(3)13(16)17-20)14(19)11-6-5-9(2)7-12(11)15/h5-7,10,20H,4,8H2,1-3H3,(H2,16,17). The first-order chi connectivity index (χ1) is 9.40. The highest BCUT2D eigenvalue weighted by molar-refractivity contribution is 9.10. The highest BCUT2D eigenvalue weighted by Crippen LogP contribution is 2.20. The predicted molar refractivity (Wildman–Crippen MR) is 83.0 cm³/mol. The monoisotopic (exact) mass is 341 g/mol. The van der Waals surface area contributed by atoms with Crippen LogP contribution < -0.4 is 5.73 Å². The van der Waals surface area contributed by atoms with E-state index in [0.29, 0.717) is 18.7 Å². The molecule has 110 valence electrons. The summed E-state index contributed by atoms with van der Waals surface area (Å²) in [5.74, 6) is -0.149. The van der Waals surface area contributed by atoms with Gasteiger partial charge in [-0.05, 0) is 47.5 Å². The zero-order valence-corrected chi connectivity index (χ0v) is 13.5. The lowest BCUT2D eigenvalue weighted by molar-refractivity contribution is 0.0753. The minimum atomic E-state index is -0.201. The van der Waals surface area contributed by atoms with Crippen LogP contribution in [-0.2, 0) is 0 Å². The van der Waals surface area contributed by atoms with E-state index in [1.165, 1.54) is 0 Å². The zero-order chi connectivity index (χ0) is 15.3. The number of aryl methyl sites for hydroxylation is 1. The van der Waals surface area contributed by atoms with Crippen LogP contribution in [0.5, 0.6) is 0 Å². The zero-order valence-electron chi connectivity index (χ0n) is 11.9. The molecule has 0 aliphatic rings. The largest absolute Gasteiger partial charge is 0.409 e. The van der Waals surface area contributed by atoms with Gasteiger partial charge in [-0.15, -0.1) is 0 Å². The third kappa shape index (κ3) is 3.96. The van der Waals surface area contributed by atoms with Crippen LogP contribution in [0.2, 0.25) is 0 Å². The second-order valence-electron chi connectivity index (χ2n) is 4.75. The van der Waals surface area contributed by atoms with Crippen LogP contribution >= 0.6 is 15.9 Å². The Morgan fingerprint density at radius 3 is 2.70 bits per heavy atom. The van der Waals surface area contributed by atoms with Gasteiger partial charge in [-0.1, -0.05) is 18.1 Å². The van der Waals surface area contributed by atoms with Crippen LogP contribution in [0.15, 0.2) is 27.8 Å². The lowest BCUT2D eigenvalue weighted by atomic mass is 10.1. The van der Waals surface area contributed by atoms with Gasteiger partial charge < -0.3 is 15.8 Å². The van der Waals surface area contributed by atoms with Crippen molar-refractivity contribution in [2.45, 2.75) is 20.8 Å². The van der Waals surface area contributed by atoms with Crippen LogP contribution in [0.1, 0.15) is 29.8 Å². The molecule has 6 heteroatoms. The minimum Gasteiger partial charge on any atom is -0.409 e. The van der Waals surface area contributed by atoms with E-state index in [9.17, 15) is 4.79 Å². The maximum atomic E-state index is 12.5. The average Bonchev–Trinajstić information content (AvgIpc) is 2.42. The molecule has 1 unspecified atom stereocenters. The summed E-state index contributed by atoms with van der Waals surface area (Å²) < 4.78 is 0.775. The first-order valence-corrected chi connectivity index (χ1v) is 7.22. The molecular formula is C14H20BrN3O2. The lowest BCUT2D eigenvalue weighted by Gasteiger charge is -2.24. The SMILES string of the molecule is CCN(CC(C)/C(N)=N/O)C(=O)c1ccc(C)cc1Br. The molecule has 0 aliphatic carbocycles. The molecule has 1 rings (SSSR count). The van der Waals surface area contributed by atoms with Crippen molar-refractivity contribution < 1.29 is 10.0 Å². The van der Waals surface area contributed by atoms with E-state index >= 15 is 0 Å². The number of amidine groups is 1. The number of benzene rings is 1. The molecule has 0 saturated heterocycles. The molecule has 0 saturated carbocycles. The molecule has 0 radical (unpaired) electrons. The van der Waals surface area contributed by atoms with Gasteiger partial charge >= 0.3 is 0 Å². The Morgan fingerprint density at radius 2 is 2.20 bits per heavy atom. The van der Waals surface area contributed by atoms with E-state index < -0.39 is 0 Å². The molecular weight excluding hydrogens is 322 g/mol. The molecule has 1 atom stereocenters. The summed E-state index contributed by atoms with van der Waals surface area (Å²) in [6, 6.07) is 5.62. The molecule has 0 aliphatic heterocycles. The summed E-state index contributed by atoms with van der Waals surface area (Å²) >= 11 is 3.42. The Bertz CT molecular complexity index is 517. The van der Waals surface area contributed by atoms with Crippen LogP contribution in [0, 0.1) is 12.8 Å². The molecule has 3 N–H and O–H groups in total. The molecule has 0 fully saturated rings. The maximum absolute atomic E-state index is 12.5. The number of halogens is 1. The third-order valence-corrected chi connectivity index (χ3v) is 3.79. The summed E-state index contributed by atoms with van der Waals surface area (Å²) in [6.45, 7) is 6.65. The van der Waals surface area contributed by atoms with Crippen LogP contribution in [-0.4, -0.2) is 34.9 Å². The minimum absolute atomic E-state index is 0.0723. The summed E-state index contributed by atoms with van der Waals surface area (Å²) in [7, 11) is 0. The number of carbonyl (C=O) groups excluding carboxylic acids is 1. The van der Waals surface area contributed by atoms with Gasteiger partial charge in [-0.3, -0.25) is 4.79 Å². The van der Waals surface area contributed by atoms with Gasteiger partial charge in [0.2, 0.25) is 0 Å². The number of nitrogens with two attached hydrogens (primary N) is 1. The van der Waals surface area contributed by atoms with E-state index in [1.54, 1.807) is 11.0 Å². The molecule has 0 spiro atoms. The first kappa shape index (κ1) is 16.5. The Morgan fingerprint density at radius 1 is 1.55 bits per heavy atom. The van der Waals surface area contributed by atoms with Crippen LogP contribution in [0.25, 0.3) is 0 Å². The Hall–Kier alpha value is -1.56. The highest BCUT2D eigenvalue weighted by atomic mass is 79.9. The quantitative estimate of drug-likeness (QED) is 0.374. The van der Waals surface area contributed by atoms with Crippen molar-refractivity contribution in [1.82, 2.24) is 4.90 Å². The van der Waals surface area contributed by atoms with Gasteiger partial charge in [0.1, 0.15) is 5.84 Å². The number of amides is 1. The maximum Gasteiger partial charge on any atom is 0.255 e. The van der Waals surface area contributed by atoms with Crippen molar-refractivity contribution in [2.24, 2.45) is 16.8 Å². The third-order valence-electron chi connectivity index (χ3n) is 3.14. The summed E-state index contributed by atoms with van der Waals surface area (Å²) in [5, 5.41) is 11.7. The van der Waals surface area contributed by atoms with Gasteiger partial charge in [-0.25, -0.2) is 0 Å². The summed E-state index contributed by atoms with van der Waals surface area (Å²) in [4.78, 5) is 14.2. The number of nitrogens with zero attached hydrogens (tertiary/aromatic N) is 2. The molecule has 0 bridgehead atoms. The average molecular weight is 342 g/mol. The number of oxime groups is 1. The van der Waals surface area contributed by atoms with Crippen molar-refractivity contribution in [3.63, 3.8) is 0 Å². The van der Waals surface area contributed by atoms with Gasteiger partial charge in [0, 0.05) is 23.5 Å². The number of hydrogen-bond acceptors (Lipinski definition) is 3. The van der Waals surface area contributed by atoms with Crippen molar-refractivity contribution in [3.8, 4) is 0 Å². The van der Waals surface area contributed by atoms with Crippen molar-refractivity contribution in [2.75, 3.05) is 13.1 Å². The second-order valence-corrected chi connectivity index (χ2v) is 5.61. The summed E-state index contributed by atoms with van der Waals surface area (Å²) in [5.41, 5.74) is 7.26. The Balaban J connectivity index is 2.92. The van der Waals surface area contributed by atoms with Crippen molar-refractivity contribution in [3.05, 3.63) is 33.8 Å². The lowest BCUT2D eigenvalue weighted by Crippen LogP contribution is -2.38. The second kappa shape index (κ2) is 7.28. The van der Waals surface area contributed by atoms with E-state index in [1.807, 2.05) is 32.9 Å². The first-order valence-electron chi connectivity index (χ1n) is 6.43. The van der Waals surface area contributed by atoms with Crippen LogP contribution in [0.4, 0.5) is 0 Å². The van der Waals surface area contributed by atoms with Crippen LogP contribution in [0.3, 0.4) is 0 Å². The van der Waals surface area contributed by atoms with Gasteiger partial charge in [0.25, 0.3) is 5.91 Å². The Labute approximate surface area is 127 Å². The molecule has 1 aromatic rings. The molecule has 1 aromatic carbocycles. The number of carbonyl (C=O) groups is 1. The van der Waals surface area contributed by atoms with Gasteiger partial charge in [0.15, 0.2) is 0 Å². The molecule has 20 heavy (non-hydrogen) atoms. The van der Waals surface area contributed by atoms with Crippen molar-refractivity contribution >= 4 is 27.7 Å². The highest BCUT2D eigenvalue weighted by Gasteiger charge is 2.20. The molecule has 1 amide bonds. The topological polar surface area (TPSA) is 78.9 Å². The van der Waals surface area contributed by atoms with E-state index in [0.717, 1.165) is 10.0 Å². The van der Waals surface area contributed by atoms with E-state index in [2.05, 4.69) is 21.1 Å². The fourth-order valence-corrected chi connectivity index (χ4v) is 2.51. The van der Waals surface area contributed by atoms with Gasteiger partial charge in [0.05, 0.1) is 5.56 Å². The molecule has 0 heterocycles. The van der Waals surface area contributed by atoms with E-state index in [-0.39, 0.29) is 17.7 Å². The number of rotatable bonds is 5. The molecule has 0 aromatic heterocycles. The Kier molecular flexibility index (Phi) is 6.01.